The molecule has 0 saturated carbocycles. The Kier molecular flexibility index (Phi) is 6.22. The molecule has 4 nitrogen and oxygen atoms in total. The summed E-state index contributed by atoms with van der Waals surface area (Å²) in [4.78, 5) is 19.2. The van der Waals surface area contributed by atoms with Crippen molar-refractivity contribution in [2.24, 2.45) is 0 Å². The molecule has 1 heterocycles. The summed E-state index contributed by atoms with van der Waals surface area (Å²) in [6.07, 6.45) is 1.62. The average molecular weight is 380 g/mol. The first-order valence-corrected chi connectivity index (χ1v) is 9.11. The fraction of sp³-hybridized carbons (Fsp3) is 0.182. The van der Waals surface area contributed by atoms with E-state index in [9.17, 15) is 4.79 Å². The van der Waals surface area contributed by atoms with Crippen LogP contribution in [0.2, 0.25) is 5.02 Å². The van der Waals surface area contributed by atoms with Crippen LogP contribution >= 0.6 is 11.6 Å². The minimum Gasteiger partial charge on any atom is -0.341 e. The minimum atomic E-state index is -0.266. The highest BCUT2D eigenvalue weighted by atomic mass is 35.5. The lowest BCUT2D eigenvalue weighted by Crippen LogP contribution is -2.29. The van der Waals surface area contributed by atoms with Crippen LogP contribution in [0, 0.1) is 0 Å². The van der Waals surface area contributed by atoms with Gasteiger partial charge in [-0.15, -0.1) is 0 Å². The fourth-order valence-corrected chi connectivity index (χ4v) is 2.98. The van der Waals surface area contributed by atoms with Crippen molar-refractivity contribution in [3.8, 4) is 0 Å². The summed E-state index contributed by atoms with van der Waals surface area (Å²) in [6, 6.07) is 20.8. The molecule has 3 aromatic rings. The Morgan fingerprint density at radius 1 is 1.00 bits per heavy atom. The van der Waals surface area contributed by atoms with E-state index in [1.54, 1.807) is 6.20 Å². The van der Waals surface area contributed by atoms with E-state index in [0.29, 0.717) is 10.6 Å². The Balaban J connectivity index is 1.83. The summed E-state index contributed by atoms with van der Waals surface area (Å²) in [7, 11) is 3.97. The van der Waals surface area contributed by atoms with E-state index in [1.807, 2.05) is 85.7 Å². The number of rotatable bonds is 6. The monoisotopic (exact) mass is 379 g/mol. The van der Waals surface area contributed by atoms with Gasteiger partial charge in [-0.25, -0.2) is 0 Å². The van der Waals surface area contributed by atoms with Gasteiger partial charge < -0.3 is 10.2 Å². The van der Waals surface area contributed by atoms with Crippen LogP contribution in [0.5, 0.6) is 0 Å². The molecule has 0 saturated heterocycles. The summed E-state index contributed by atoms with van der Waals surface area (Å²) in [5.74, 6) is -0.164. The summed E-state index contributed by atoms with van der Waals surface area (Å²) >= 11 is 6.02. The molecule has 3 rings (SSSR count). The zero-order chi connectivity index (χ0) is 19.2. The van der Waals surface area contributed by atoms with E-state index >= 15 is 0 Å². The molecular weight excluding hydrogens is 358 g/mol. The van der Waals surface area contributed by atoms with E-state index in [-0.39, 0.29) is 11.9 Å². The van der Waals surface area contributed by atoms with Gasteiger partial charge in [-0.3, -0.25) is 9.78 Å². The zero-order valence-corrected chi connectivity index (χ0v) is 16.1. The number of benzene rings is 2. The third-order valence-electron chi connectivity index (χ3n) is 4.18. The van der Waals surface area contributed by atoms with Gasteiger partial charge >= 0.3 is 0 Å². The largest absolute Gasteiger partial charge is 0.341 e. The smallest absolute Gasteiger partial charge is 0.253 e. The molecule has 0 aliphatic carbocycles. The van der Waals surface area contributed by atoms with Gasteiger partial charge in [-0.05, 0) is 49.5 Å². The van der Waals surface area contributed by atoms with E-state index in [0.717, 1.165) is 23.4 Å². The van der Waals surface area contributed by atoms with E-state index in [1.165, 1.54) is 0 Å². The summed E-state index contributed by atoms with van der Waals surface area (Å²) in [5.41, 5.74) is 3.43. The van der Waals surface area contributed by atoms with Crippen molar-refractivity contribution in [3.05, 3.63) is 100 Å². The van der Waals surface area contributed by atoms with Crippen molar-refractivity contribution in [2.75, 3.05) is 14.1 Å². The van der Waals surface area contributed by atoms with Gasteiger partial charge in [0, 0.05) is 17.8 Å². The highest BCUT2D eigenvalue weighted by molar-refractivity contribution is 6.30. The Morgan fingerprint density at radius 3 is 2.26 bits per heavy atom. The predicted octanol–water partition coefficient (Wildman–Crippen LogP) is 4.32. The molecule has 0 aliphatic rings. The summed E-state index contributed by atoms with van der Waals surface area (Å²) in [5, 5.41) is 3.78. The first-order chi connectivity index (χ1) is 13.0. The molecule has 0 radical (unpaired) electrons. The van der Waals surface area contributed by atoms with Crippen LogP contribution in [0.15, 0.2) is 72.9 Å². The number of nitrogens with one attached hydrogen (secondary N) is 1. The quantitative estimate of drug-likeness (QED) is 0.693. The molecule has 1 aromatic heterocycles. The molecule has 0 bridgehead atoms. The molecule has 138 valence electrons. The Hall–Kier alpha value is -2.69. The van der Waals surface area contributed by atoms with Gasteiger partial charge in [0.2, 0.25) is 0 Å². The molecule has 0 fully saturated rings. The summed E-state index contributed by atoms with van der Waals surface area (Å²) < 4.78 is 0. The lowest BCUT2D eigenvalue weighted by molar-refractivity contribution is 0.0942. The highest BCUT2D eigenvalue weighted by Gasteiger charge is 2.18. The van der Waals surface area contributed by atoms with Crippen LogP contribution in [0.4, 0.5) is 0 Å². The molecule has 5 heteroatoms. The first kappa shape index (κ1) is 19.1. The van der Waals surface area contributed by atoms with Crippen molar-refractivity contribution in [1.29, 1.82) is 0 Å². The topological polar surface area (TPSA) is 45.2 Å². The Bertz CT molecular complexity index is 878. The number of hydrogen-bond donors (Lipinski definition) is 1. The number of pyridine rings is 1. The molecular formula is C22H22ClN3O. The number of carbonyl (C=O) groups is 1. The predicted molar refractivity (Wildman–Crippen MR) is 109 cm³/mol. The van der Waals surface area contributed by atoms with E-state index in [4.69, 9.17) is 11.6 Å². The van der Waals surface area contributed by atoms with Crippen LogP contribution in [0.25, 0.3) is 0 Å². The minimum absolute atomic E-state index is 0.164. The van der Waals surface area contributed by atoms with Crippen LogP contribution in [-0.4, -0.2) is 29.9 Å². The highest BCUT2D eigenvalue weighted by Crippen LogP contribution is 2.24. The Labute approximate surface area is 164 Å². The second kappa shape index (κ2) is 8.80. The number of nitrogens with zero attached hydrogens (tertiary/aromatic N) is 2. The first-order valence-electron chi connectivity index (χ1n) is 8.74. The fourth-order valence-electron chi connectivity index (χ4n) is 2.85. The third kappa shape index (κ3) is 5.16. The van der Waals surface area contributed by atoms with Crippen LogP contribution in [0.3, 0.4) is 0 Å². The maximum absolute atomic E-state index is 12.8. The second-order valence-electron chi connectivity index (χ2n) is 6.64. The number of aromatic nitrogens is 1. The third-order valence-corrected chi connectivity index (χ3v) is 4.43. The zero-order valence-electron chi connectivity index (χ0n) is 15.4. The summed E-state index contributed by atoms with van der Waals surface area (Å²) in [6.45, 7) is 0.735. The standard InChI is InChI=1S/C22H22ClN3O/c1-26(2)15-20-13-10-18(14-24-20)22(27)25-21(16-6-4-3-5-7-16)17-8-11-19(23)12-9-17/h3-14,21H,15H2,1-2H3,(H,25,27). The van der Waals surface area contributed by atoms with Crippen LogP contribution < -0.4 is 5.32 Å². The Morgan fingerprint density at radius 2 is 1.67 bits per heavy atom. The maximum Gasteiger partial charge on any atom is 0.253 e. The van der Waals surface area contributed by atoms with Crippen LogP contribution in [0.1, 0.15) is 33.2 Å². The molecule has 1 amide bonds. The van der Waals surface area contributed by atoms with Crippen molar-refractivity contribution in [1.82, 2.24) is 15.2 Å². The maximum atomic E-state index is 12.8. The van der Waals surface area contributed by atoms with Gasteiger partial charge in [-0.2, -0.15) is 0 Å². The van der Waals surface area contributed by atoms with Crippen molar-refractivity contribution in [2.45, 2.75) is 12.6 Å². The number of carbonyl (C=O) groups excluding carboxylic acids is 1. The number of halogens is 1. The van der Waals surface area contributed by atoms with Crippen LogP contribution in [-0.2, 0) is 6.54 Å². The molecule has 27 heavy (non-hydrogen) atoms. The molecule has 0 aliphatic heterocycles. The van der Waals surface area contributed by atoms with Gasteiger partial charge in [0.15, 0.2) is 0 Å². The molecule has 1 unspecified atom stereocenters. The van der Waals surface area contributed by atoms with Gasteiger partial charge in [0.25, 0.3) is 5.91 Å². The van der Waals surface area contributed by atoms with Gasteiger partial charge in [-0.1, -0.05) is 54.1 Å². The lowest BCUT2D eigenvalue weighted by atomic mass is 9.98. The lowest BCUT2D eigenvalue weighted by Gasteiger charge is -2.20. The van der Waals surface area contributed by atoms with Gasteiger partial charge in [0.1, 0.15) is 0 Å². The van der Waals surface area contributed by atoms with E-state index < -0.39 is 0 Å². The molecule has 1 N–H and O–H groups in total. The second-order valence-corrected chi connectivity index (χ2v) is 7.08. The number of amides is 1. The SMILES string of the molecule is CN(C)Cc1ccc(C(=O)NC(c2ccccc2)c2ccc(Cl)cc2)cn1. The average Bonchev–Trinajstić information content (AvgIpc) is 2.67. The van der Waals surface area contributed by atoms with E-state index in [2.05, 4.69) is 10.3 Å². The normalized spacial score (nSPS) is 12.0. The number of hydrogen-bond acceptors (Lipinski definition) is 3. The van der Waals surface area contributed by atoms with Crippen molar-refractivity contribution < 1.29 is 4.79 Å². The van der Waals surface area contributed by atoms with Crippen molar-refractivity contribution in [3.63, 3.8) is 0 Å². The van der Waals surface area contributed by atoms with Gasteiger partial charge in [0.05, 0.1) is 17.3 Å². The molecule has 2 aromatic carbocycles. The molecule has 1 atom stereocenters. The van der Waals surface area contributed by atoms with Crippen molar-refractivity contribution >= 4 is 17.5 Å². The molecule has 0 spiro atoms.